The molecule has 8 heteroatoms. The van der Waals surface area contributed by atoms with Gasteiger partial charge in [-0.05, 0) is 31.8 Å². The molecule has 7 nitrogen and oxygen atoms in total. The van der Waals surface area contributed by atoms with E-state index in [9.17, 15) is 4.79 Å². The normalized spacial score (nSPS) is 24.1. The first-order chi connectivity index (χ1) is 10.2. The molecule has 0 atom stereocenters. The molecule has 1 aromatic heterocycles. The number of hydrogen-bond donors (Lipinski definition) is 2. The molecular weight excluding hydrogens is 383 g/mol. The van der Waals surface area contributed by atoms with Crippen LogP contribution in [-0.4, -0.2) is 28.0 Å². The number of nitrogens with two attached hydrogens (primary N) is 1. The Morgan fingerprint density at radius 3 is 2.90 bits per heavy atom. The Morgan fingerprint density at radius 2 is 2.19 bits per heavy atom. The van der Waals surface area contributed by atoms with Gasteiger partial charge >= 0.3 is 0 Å². The number of carbonyl (C=O) groups is 1. The SMILES string of the molecule is C=CC(=O)NC1CCC(N2N=Ic3c(N)ncnc32)CC1. The van der Waals surface area contributed by atoms with Gasteiger partial charge in [0.2, 0.25) is 5.91 Å². The maximum atomic E-state index is 11.3. The van der Waals surface area contributed by atoms with E-state index >= 15 is 0 Å². The van der Waals surface area contributed by atoms with Gasteiger partial charge in [-0.2, -0.15) is 0 Å². The maximum absolute atomic E-state index is 11.3. The second kappa shape index (κ2) is 6.04. The van der Waals surface area contributed by atoms with E-state index in [2.05, 4.69) is 25.1 Å². The van der Waals surface area contributed by atoms with Crippen molar-refractivity contribution in [3.05, 3.63) is 22.6 Å². The van der Waals surface area contributed by atoms with Crippen LogP contribution in [0.1, 0.15) is 25.7 Å². The Bertz CT molecular complexity index is 596. The predicted octanol–water partition coefficient (Wildman–Crippen LogP) is 1.73. The van der Waals surface area contributed by atoms with Gasteiger partial charge in [-0.25, -0.2) is 15.0 Å². The Balaban J connectivity index is 1.64. The number of halogens is 1. The summed E-state index contributed by atoms with van der Waals surface area (Å²) in [5.74, 6) is 1.35. The molecule has 0 bridgehead atoms. The van der Waals surface area contributed by atoms with Gasteiger partial charge in [-0.1, -0.05) is 6.58 Å². The largest absolute Gasteiger partial charge is 0.383 e. The van der Waals surface area contributed by atoms with Crippen LogP contribution in [0.15, 0.2) is 22.2 Å². The van der Waals surface area contributed by atoms with Gasteiger partial charge in [0.05, 0.1) is 27.1 Å². The molecule has 112 valence electrons. The van der Waals surface area contributed by atoms with Crippen molar-refractivity contribution in [1.82, 2.24) is 15.3 Å². The van der Waals surface area contributed by atoms with E-state index in [4.69, 9.17) is 5.73 Å². The predicted molar refractivity (Wildman–Crippen MR) is 88.5 cm³/mol. The molecule has 1 saturated carbocycles. The lowest BCUT2D eigenvalue weighted by Gasteiger charge is -2.33. The number of nitrogen functional groups attached to an aromatic ring is 1. The summed E-state index contributed by atoms with van der Waals surface area (Å²) in [6.07, 6.45) is 6.69. The maximum Gasteiger partial charge on any atom is 0.243 e. The standard InChI is InChI=1S/C13H17IN6O/c1-2-10(21)18-8-3-5-9(6-4-8)20-13-11(14-19-20)12(15)16-7-17-13/h2,7-9H,1,3-6H2,(H,18,21)(H2,15,16,17). The molecule has 0 radical (unpaired) electrons. The van der Waals surface area contributed by atoms with E-state index in [0.29, 0.717) is 11.9 Å². The Morgan fingerprint density at radius 1 is 1.43 bits per heavy atom. The topological polar surface area (TPSA) is 96.5 Å². The second-order valence-electron chi connectivity index (χ2n) is 5.12. The third kappa shape index (κ3) is 2.89. The van der Waals surface area contributed by atoms with Crippen LogP contribution in [0.3, 0.4) is 0 Å². The smallest absolute Gasteiger partial charge is 0.243 e. The van der Waals surface area contributed by atoms with Crippen LogP contribution in [0.4, 0.5) is 11.6 Å². The molecule has 1 aliphatic carbocycles. The lowest BCUT2D eigenvalue weighted by atomic mass is 9.90. The molecule has 0 spiro atoms. The first kappa shape index (κ1) is 14.4. The molecule has 0 aromatic carbocycles. The second-order valence-corrected chi connectivity index (χ2v) is 7.11. The highest BCUT2D eigenvalue weighted by atomic mass is 127. The molecule has 2 aliphatic rings. The zero-order chi connectivity index (χ0) is 14.8. The first-order valence-electron chi connectivity index (χ1n) is 6.86. The van der Waals surface area contributed by atoms with Crippen molar-refractivity contribution in [3.8, 4) is 0 Å². The van der Waals surface area contributed by atoms with Crippen LogP contribution < -0.4 is 16.1 Å². The fourth-order valence-corrected chi connectivity index (χ4v) is 4.68. The number of anilines is 2. The quantitative estimate of drug-likeness (QED) is 0.595. The summed E-state index contributed by atoms with van der Waals surface area (Å²) in [5, 5.41) is 5.00. The van der Waals surface area contributed by atoms with Crippen LogP contribution >= 0.6 is 21.0 Å². The van der Waals surface area contributed by atoms with E-state index in [1.54, 1.807) is 0 Å². The van der Waals surface area contributed by atoms with Gasteiger partial charge in [0.25, 0.3) is 0 Å². The fourth-order valence-electron chi connectivity index (χ4n) is 2.69. The van der Waals surface area contributed by atoms with E-state index in [-0.39, 0.29) is 11.9 Å². The van der Waals surface area contributed by atoms with Crippen molar-refractivity contribution in [3.63, 3.8) is 0 Å². The molecule has 1 aliphatic heterocycles. The van der Waals surface area contributed by atoms with E-state index in [1.165, 1.54) is 12.4 Å². The molecule has 2 heterocycles. The third-order valence-electron chi connectivity index (χ3n) is 3.79. The van der Waals surface area contributed by atoms with E-state index in [1.807, 2.05) is 5.01 Å². The van der Waals surface area contributed by atoms with Crippen LogP contribution in [0, 0.1) is 3.57 Å². The monoisotopic (exact) mass is 400 g/mol. The third-order valence-corrected chi connectivity index (χ3v) is 5.99. The van der Waals surface area contributed by atoms with Crippen molar-refractivity contribution in [2.75, 3.05) is 10.7 Å². The van der Waals surface area contributed by atoms with Crippen molar-refractivity contribution in [1.29, 1.82) is 0 Å². The average Bonchev–Trinajstić information content (AvgIpc) is 2.93. The number of carbonyl (C=O) groups excluding carboxylic acids is 1. The summed E-state index contributed by atoms with van der Waals surface area (Å²) in [7, 11) is 0. The number of rotatable bonds is 3. The van der Waals surface area contributed by atoms with Gasteiger partial charge in [0.1, 0.15) is 15.7 Å². The highest BCUT2D eigenvalue weighted by molar-refractivity contribution is 14.2. The van der Waals surface area contributed by atoms with Crippen molar-refractivity contribution in [2.45, 2.75) is 37.8 Å². The average molecular weight is 400 g/mol. The van der Waals surface area contributed by atoms with Gasteiger partial charge in [0.15, 0.2) is 5.82 Å². The minimum atomic E-state index is -0.477. The van der Waals surface area contributed by atoms with Crippen LogP contribution in [-0.2, 0) is 4.79 Å². The zero-order valence-corrected chi connectivity index (χ0v) is 13.7. The first-order valence-corrected chi connectivity index (χ1v) is 8.91. The number of hydrogen-bond acceptors (Lipinski definition) is 6. The minimum absolute atomic E-state index is 0.0963. The molecule has 21 heavy (non-hydrogen) atoms. The number of nitrogens with zero attached hydrogens (tertiary/aromatic N) is 4. The lowest BCUT2D eigenvalue weighted by molar-refractivity contribution is -0.117. The Hall–Kier alpha value is -1.58. The molecule has 0 unspecified atom stereocenters. The summed E-state index contributed by atoms with van der Waals surface area (Å²) >= 11 is -0.477. The summed E-state index contributed by atoms with van der Waals surface area (Å²) in [6, 6.07) is 0.580. The van der Waals surface area contributed by atoms with Crippen molar-refractivity contribution in [2.24, 2.45) is 3.25 Å². The molecule has 1 amide bonds. The molecule has 1 aromatic rings. The summed E-state index contributed by atoms with van der Waals surface area (Å²) in [5.41, 5.74) is 5.89. The van der Waals surface area contributed by atoms with Gasteiger partial charge in [-0.3, -0.25) is 4.79 Å². The number of aromatic nitrogens is 2. The van der Waals surface area contributed by atoms with Gasteiger partial charge in [-0.15, -0.1) is 3.25 Å². The van der Waals surface area contributed by atoms with E-state index in [0.717, 1.165) is 35.1 Å². The molecular formula is C13H17IN6O. The Labute approximate surface area is 133 Å². The van der Waals surface area contributed by atoms with Crippen LogP contribution in [0.2, 0.25) is 0 Å². The lowest BCUT2D eigenvalue weighted by Crippen LogP contribution is -2.42. The number of fused-ring (bicyclic) bond motifs is 1. The molecule has 3 rings (SSSR count). The molecule has 0 saturated heterocycles. The van der Waals surface area contributed by atoms with Gasteiger partial charge < -0.3 is 11.1 Å². The summed E-state index contributed by atoms with van der Waals surface area (Å²) < 4.78 is 5.67. The highest BCUT2D eigenvalue weighted by Gasteiger charge is 2.31. The molecule has 1 fully saturated rings. The van der Waals surface area contributed by atoms with Crippen LogP contribution in [0.5, 0.6) is 0 Å². The summed E-state index contributed by atoms with van der Waals surface area (Å²) in [4.78, 5) is 19.7. The summed E-state index contributed by atoms with van der Waals surface area (Å²) in [6.45, 7) is 3.48. The van der Waals surface area contributed by atoms with E-state index < -0.39 is 21.0 Å². The van der Waals surface area contributed by atoms with Gasteiger partial charge in [0, 0.05) is 6.04 Å². The highest BCUT2D eigenvalue weighted by Crippen LogP contribution is 2.39. The van der Waals surface area contributed by atoms with Crippen molar-refractivity contribution >= 4 is 38.6 Å². The van der Waals surface area contributed by atoms with Crippen LogP contribution in [0.25, 0.3) is 0 Å². The number of nitrogens with one attached hydrogen (secondary N) is 1. The van der Waals surface area contributed by atoms with Crippen molar-refractivity contribution < 1.29 is 4.79 Å². The Kier molecular flexibility index (Phi) is 4.13. The zero-order valence-electron chi connectivity index (χ0n) is 11.5. The number of amides is 1. The molecule has 3 N–H and O–H groups in total. The minimum Gasteiger partial charge on any atom is -0.383 e. The fraction of sp³-hybridized carbons (Fsp3) is 0.462.